The zero-order chi connectivity index (χ0) is 23.8. The molecular formula is C27H30N2O5. The van der Waals surface area contributed by atoms with Crippen LogP contribution in [0.5, 0.6) is 0 Å². The van der Waals surface area contributed by atoms with E-state index in [0.29, 0.717) is 13.0 Å². The summed E-state index contributed by atoms with van der Waals surface area (Å²) in [4.78, 5) is 39.3. The van der Waals surface area contributed by atoms with Crippen LogP contribution in [0.1, 0.15) is 49.7 Å². The van der Waals surface area contributed by atoms with Crippen LogP contribution in [0, 0.1) is 11.8 Å². The van der Waals surface area contributed by atoms with Gasteiger partial charge in [-0.15, -0.1) is 0 Å². The van der Waals surface area contributed by atoms with Crippen LogP contribution >= 0.6 is 0 Å². The summed E-state index contributed by atoms with van der Waals surface area (Å²) in [5.41, 5.74) is 4.55. The van der Waals surface area contributed by atoms with Crippen LogP contribution in [0.4, 0.5) is 4.79 Å². The molecule has 0 bridgehead atoms. The molecule has 2 fully saturated rings. The maximum absolute atomic E-state index is 13.3. The maximum atomic E-state index is 13.3. The van der Waals surface area contributed by atoms with Gasteiger partial charge in [-0.1, -0.05) is 55.5 Å². The third-order valence-electron chi connectivity index (χ3n) is 7.41. The second kappa shape index (κ2) is 9.12. The number of carboxylic acid groups (broad SMARTS) is 1. The van der Waals surface area contributed by atoms with Crippen molar-refractivity contribution in [2.75, 3.05) is 13.2 Å². The molecule has 0 aromatic heterocycles. The molecule has 178 valence electrons. The van der Waals surface area contributed by atoms with Gasteiger partial charge in [-0.05, 0) is 59.8 Å². The molecule has 7 nitrogen and oxygen atoms in total. The van der Waals surface area contributed by atoms with Gasteiger partial charge in [0.15, 0.2) is 0 Å². The van der Waals surface area contributed by atoms with E-state index in [1.807, 2.05) is 31.2 Å². The van der Waals surface area contributed by atoms with E-state index in [-0.39, 0.29) is 30.3 Å². The molecular weight excluding hydrogens is 432 g/mol. The number of nitrogens with one attached hydrogen (secondary N) is 1. The summed E-state index contributed by atoms with van der Waals surface area (Å²) in [5.74, 6) is -1.08. The lowest BCUT2D eigenvalue weighted by atomic mass is 9.91. The summed E-state index contributed by atoms with van der Waals surface area (Å²) in [6.45, 7) is 2.57. The molecule has 2 amide bonds. The Hall–Kier alpha value is -3.35. The van der Waals surface area contributed by atoms with Crippen LogP contribution in [-0.2, 0) is 14.3 Å². The van der Waals surface area contributed by atoms with Crippen LogP contribution < -0.4 is 5.32 Å². The molecule has 2 aliphatic carbocycles. The number of fused-ring (bicyclic) bond motifs is 3. The van der Waals surface area contributed by atoms with Gasteiger partial charge in [0.2, 0.25) is 5.91 Å². The van der Waals surface area contributed by atoms with Gasteiger partial charge >= 0.3 is 12.1 Å². The molecule has 34 heavy (non-hydrogen) atoms. The third-order valence-corrected chi connectivity index (χ3v) is 7.41. The predicted octanol–water partition coefficient (Wildman–Crippen LogP) is 4.02. The lowest BCUT2D eigenvalue weighted by Crippen LogP contribution is -2.57. The van der Waals surface area contributed by atoms with Crippen LogP contribution in [0.15, 0.2) is 48.5 Å². The first-order valence-electron chi connectivity index (χ1n) is 12.1. The number of alkyl carbamates (subject to hydrolysis) is 1. The molecule has 2 aromatic carbocycles. The lowest BCUT2D eigenvalue weighted by Gasteiger charge is -2.38. The fourth-order valence-electron chi connectivity index (χ4n) is 5.40. The number of benzene rings is 2. The summed E-state index contributed by atoms with van der Waals surface area (Å²) in [6.07, 6.45) is 2.23. The highest BCUT2D eigenvalue weighted by Gasteiger charge is 2.44. The predicted molar refractivity (Wildman–Crippen MR) is 126 cm³/mol. The number of rotatable bonds is 6. The minimum absolute atomic E-state index is 0.0294. The van der Waals surface area contributed by atoms with E-state index in [1.165, 1.54) is 4.90 Å². The molecule has 0 radical (unpaired) electrons. The van der Waals surface area contributed by atoms with Gasteiger partial charge in [0, 0.05) is 12.5 Å². The summed E-state index contributed by atoms with van der Waals surface area (Å²) in [7, 11) is 0. The number of hydrogen-bond donors (Lipinski definition) is 2. The van der Waals surface area contributed by atoms with E-state index >= 15 is 0 Å². The smallest absolute Gasteiger partial charge is 0.407 e. The Kier molecular flexibility index (Phi) is 6.02. The summed E-state index contributed by atoms with van der Waals surface area (Å²) < 4.78 is 5.64. The van der Waals surface area contributed by atoms with Crippen molar-refractivity contribution in [1.29, 1.82) is 0 Å². The minimum atomic E-state index is -0.990. The molecule has 1 aliphatic heterocycles. The van der Waals surface area contributed by atoms with Crippen molar-refractivity contribution in [3.05, 3.63) is 59.7 Å². The van der Waals surface area contributed by atoms with E-state index in [2.05, 4.69) is 29.6 Å². The topological polar surface area (TPSA) is 95.9 Å². The highest BCUT2D eigenvalue weighted by atomic mass is 16.5. The van der Waals surface area contributed by atoms with Crippen molar-refractivity contribution < 1.29 is 24.2 Å². The summed E-state index contributed by atoms with van der Waals surface area (Å²) in [5, 5.41) is 12.4. The van der Waals surface area contributed by atoms with Crippen molar-refractivity contribution in [1.82, 2.24) is 10.2 Å². The number of carbonyl (C=O) groups excluding carboxylic acids is 2. The minimum Gasteiger partial charge on any atom is -0.480 e. The van der Waals surface area contributed by atoms with Crippen molar-refractivity contribution in [2.24, 2.45) is 11.8 Å². The first-order chi connectivity index (χ1) is 16.4. The Morgan fingerprint density at radius 1 is 1.03 bits per heavy atom. The van der Waals surface area contributed by atoms with Gasteiger partial charge in [0.25, 0.3) is 0 Å². The van der Waals surface area contributed by atoms with Crippen molar-refractivity contribution in [3.8, 4) is 11.1 Å². The van der Waals surface area contributed by atoms with Crippen molar-refractivity contribution in [3.63, 3.8) is 0 Å². The van der Waals surface area contributed by atoms with Gasteiger partial charge < -0.3 is 20.1 Å². The fourth-order valence-corrected chi connectivity index (χ4v) is 5.40. The highest BCUT2D eigenvalue weighted by molar-refractivity contribution is 5.90. The summed E-state index contributed by atoms with van der Waals surface area (Å²) >= 11 is 0. The van der Waals surface area contributed by atoms with Gasteiger partial charge in [-0.3, -0.25) is 4.79 Å². The largest absolute Gasteiger partial charge is 0.480 e. The monoisotopic (exact) mass is 462 g/mol. The number of carbonyl (C=O) groups is 3. The van der Waals surface area contributed by atoms with Crippen LogP contribution in [0.25, 0.3) is 11.1 Å². The van der Waals surface area contributed by atoms with E-state index in [4.69, 9.17) is 4.74 Å². The highest BCUT2D eigenvalue weighted by Crippen LogP contribution is 2.44. The van der Waals surface area contributed by atoms with Crippen LogP contribution in [-0.4, -0.2) is 53.2 Å². The number of amides is 2. The van der Waals surface area contributed by atoms with Gasteiger partial charge in [-0.25, -0.2) is 9.59 Å². The Balaban J connectivity index is 1.26. The SMILES string of the molecule is CC1CCN(C(=O)C(NC(=O)OCC2c3ccccc3-c3ccccc32)C2CC2)C(C(=O)O)C1. The fraction of sp³-hybridized carbons (Fsp3) is 0.444. The van der Waals surface area contributed by atoms with E-state index in [0.717, 1.165) is 41.5 Å². The van der Waals surface area contributed by atoms with E-state index < -0.39 is 24.1 Å². The average Bonchev–Trinajstić information content (AvgIpc) is 3.63. The first kappa shape index (κ1) is 22.4. The number of nitrogens with zero attached hydrogens (tertiary/aromatic N) is 1. The molecule has 0 spiro atoms. The standard InChI is InChI=1S/C27H30N2O5/c1-16-12-13-29(23(14-16)26(31)32)25(30)24(17-10-11-17)28-27(33)34-15-22-20-8-4-2-6-18(20)19-7-3-5-9-21(19)22/h2-9,16-17,22-24H,10-15H2,1H3,(H,28,33)(H,31,32). The first-order valence-corrected chi connectivity index (χ1v) is 12.1. The molecule has 3 aliphatic rings. The molecule has 2 N–H and O–H groups in total. The van der Waals surface area contributed by atoms with E-state index in [1.54, 1.807) is 0 Å². The van der Waals surface area contributed by atoms with Crippen molar-refractivity contribution >= 4 is 18.0 Å². The van der Waals surface area contributed by atoms with Gasteiger partial charge in [0.05, 0.1) is 0 Å². The molecule has 3 unspecified atom stereocenters. The van der Waals surface area contributed by atoms with Crippen LogP contribution in [0.3, 0.4) is 0 Å². The van der Waals surface area contributed by atoms with Crippen molar-refractivity contribution in [2.45, 2.75) is 50.6 Å². The average molecular weight is 463 g/mol. The molecule has 1 saturated carbocycles. The Bertz CT molecular complexity index is 1070. The zero-order valence-corrected chi connectivity index (χ0v) is 19.3. The van der Waals surface area contributed by atoms with Gasteiger partial charge in [-0.2, -0.15) is 0 Å². The third kappa shape index (κ3) is 4.27. The maximum Gasteiger partial charge on any atom is 0.407 e. The summed E-state index contributed by atoms with van der Waals surface area (Å²) in [6, 6.07) is 14.7. The number of aliphatic carboxylic acids is 1. The van der Waals surface area contributed by atoms with Gasteiger partial charge in [0.1, 0.15) is 18.7 Å². The quantitative estimate of drug-likeness (QED) is 0.676. The van der Waals surface area contributed by atoms with Crippen LogP contribution in [0.2, 0.25) is 0 Å². The lowest BCUT2D eigenvalue weighted by molar-refractivity contribution is -0.154. The molecule has 2 aromatic rings. The number of piperidine rings is 1. The Morgan fingerprint density at radius 3 is 2.24 bits per heavy atom. The zero-order valence-electron chi connectivity index (χ0n) is 19.3. The molecule has 7 heteroatoms. The second-order valence-corrected chi connectivity index (χ2v) is 9.80. The van der Waals surface area contributed by atoms with E-state index in [9.17, 15) is 19.5 Å². The Labute approximate surface area is 199 Å². The number of hydrogen-bond acceptors (Lipinski definition) is 4. The Morgan fingerprint density at radius 2 is 1.65 bits per heavy atom. The molecule has 5 rings (SSSR count). The normalized spacial score (nSPS) is 22.4. The molecule has 3 atom stereocenters. The number of ether oxygens (including phenoxy) is 1. The second-order valence-electron chi connectivity index (χ2n) is 9.80. The molecule has 1 heterocycles. The molecule has 1 saturated heterocycles. The number of carboxylic acids is 1. The number of likely N-dealkylation sites (tertiary alicyclic amines) is 1.